The predicted octanol–water partition coefficient (Wildman–Crippen LogP) is 3.29. The summed E-state index contributed by atoms with van der Waals surface area (Å²) in [6, 6.07) is 5.79. The molecule has 3 nitrogen and oxygen atoms in total. The lowest BCUT2D eigenvalue weighted by molar-refractivity contribution is 0.477. The fraction of sp³-hybridized carbons (Fsp3) is 0.462. The zero-order valence-corrected chi connectivity index (χ0v) is 11.3. The van der Waals surface area contributed by atoms with Crippen molar-refractivity contribution in [3.8, 4) is 0 Å². The lowest BCUT2D eigenvalue weighted by Gasteiger charge is -2.19. The highest BCUT2D eigenvalue weighted by atomic mass is 35.5. The van der Waals surface area contributed by atoms with E-state index in [1.807, 2.05) is 32.0 Å². The summed E-state index contributed by atoms with van der Waals surface area (Å²) in [6.45, 7) is 7.02. The van der Waals surface area contributed by atoms with Crippen LogP contribution < -0.4 is 5.73 Å². The Morgan fingerprint density at radius 1 is 1.41 bits per heavy atom. The molecule has 1 aromatic heterocycles. The summed E-state index contributed by atoms with van der Waals surface area (Å²) < 4.78 is 2.19. The fourth-order valence-corrected chi connectivity index (χ4v) is 2.21. The predicted molar refractivity (Wildman–Crippen MR) is 72.2 cm³/mol. The average Bonchev–Trinajstić information content (AvgIpc) is 2.56. The maximum atomic E-state index is 6.17. The van der Waals surface area contributed by atoms with Crippen LogP contribution in [0.2, 0.25) is 5.02 Å². The van der Waals surface area contributed by atoms with E-state index in [2.05, 4.69) is 16.5 Å². The van der Waals surface area contributed by atoms with Crippen molar-refractivity contribution >= 4 is 22.6 Å². The van der Waals surface area contributed by atoms with Crippen LogP contribution in [0.5, 0.6) is 0 Å². The molecule has 0 aliphatic rings. The first-order valence-corrected chi connectivity index (χ1v) is 6.26. The van der Waals surface area contributed by atoms with Crippen LogP contribution in [0.15, 0.2) is 18.2 Å². The molecule has 0 unspecified atom stereocenters. The third kappa shape index (κ3) is 2.31. The molecule has 0 aliphatic carbocycles. The van der Waals surface area contributed by atoms with Crippen molar-refractivity contribution in [3.05, 3.63) is 29.0 Å². The Labute approximate surface area is 107 Å². The average molecular weight is 252 g/mol. The Balaban J connectivity index is 2.70. The minimum Gasteiger partial charge on any atom is -0.326 e. The first-order chi connectivity index (χ1) is 7.93. The number of aromatic nitrogens is 2. The molecule has 92 valence electrons. The van der Waals surface area contributed by atoms with E-state index in [0.29, 0.717) is 5.02 Å². The van der Waals surface area contributed by atoms with Crippen molar-refractivity contribution in [3.63, 3.8) is 0 Å². The molecule has 1 aromatic carbocycles. The molecule has 0 atom stereocenters. The van der Waals surface area contributed by atoms with Crippen LogP contribution in [-0.2, 0) is 12.1 Å². The topological polar surface area (TPSA) is 43.8 Å². The van der Waals surface area contributed by atoms with Crippen molar-refractivity contribution in [1.29, 1.82) is 0 Å². The number of imidazole rings is 1. The van der Waals surface area contributed by atoms with Gasteiger partial charge in [-0.15, -0.1) is 0 Å². The molecular formula is C13H18ClN3. The summed E-state index contributed by atoms with van der Waals surface area (Å²) in [5.41, 5.74) is 7.75. The number of fused-ring (bicyclic) bond motifs is 1. The summed E-state index contributed by atoms with van der Waals surface area (Å²) in [4.78, 5) is 4.62. The second kappa shape index (κ2) is 4.31. The molecule has 0 aliphatic heterocycles. The molecule has 0 spiro atoms. The summed E-state index contributed by atoms with van der Waals surface area (Å²) in [7, 11) is 0. The molecule has 0 fully saturated rings. The van der Waals surface area contributed by atoms with Gasteiger partial charge in [0, 0.05) is 11.6 Å². The number of hydrogen-bond acceptors (Lipinski definition) is 2. The monoisotopic (exact) mass is 251 g/mol. The van der Waals surface area contributed by atoms with Crippen molar-refractivity contribution in [1.82, 2.24) is 9.55 Å². The zero-order chi connectivity index (χ0) is 12.6. The fourth-order valence-electron chi connectivity index (χ4n) is 2.04. The summed E-state index contributed by atoms with van der Waals surface area (Å²) in [5.74, 6) is 0.914. The van der Waals surface area contributed by atoms with Crippen LogP contribution in [0.1, 0.15) is 33.0 Å². The molecule has 17 heavy (non-hydrogen) atoms. The van der Waals surface area contributed by atoms with Gasteiger partial charge in [-0.3, -0.25) is 0 Å². The van der Waals surface area contributed by atoms with Crippen LogP contribution in [0, 0.1) is 0 Å². The molecule has 1 heterocycles. The van der Waals surface area contributed by atoms with Gasteiger partial charge in [0.2, 0.25) is 0 Å². The van der Waals surface area contributed by atoms with Gasteiger partial charge in [0.25, 0.3) is 0 Å². The number of nitrogens with two attached hydrogens (primary N) is 1. The van der Waals surface area contributed by atoms with Crippen LogP contribution in [0.3, 0.4) is 0 Å². The first kappa shape index (κ1) is 12.4. The third-order valence-corrected chi connectivity index (χ3v) is 2.97. The first-order valence-electron chi connectivity index (χ1n) is 5.88. The molecule has 0 saturated heterocycles. The number of rotatable bonds is 3. The van der Waals surface area contributed by atoms with E-state index in [1.54, 1.807) is 0 Å². The summed E-state index contributed by atoms with van der Waals surface area (Å²) >= 11 is 5.99. The van der Waals surface area contributed by atoms with Crippen molar-refractivity contribution in [2.24, 2.45) is 5.73 Å². The van der Waals surface area contributed by atoms with Crippen LogP contribution in [0.4, 0.5) is 0 Å². The number of hydrogen-bond donors (Lipinski definition) is 1. The lowest BCUT2D eigenvalue weighted by Crippen LogP contribution is -2.32. The van der Waals surface area contributed by atoms with Crippen LogP contribution >= 0.6 is 11.6 Å². The third-order valence-electron chi connectivity index (χ3n) is 2.73. The molecule has 2 rings (SSSR count). The molecule has 4 heteroatoms. The van der Waals surface area contributed by atoms with Gasteiger partial charge in [-0.05, 0) is 38.5 Å². The Hall–Kier alpha value is -1.06. The minimum absolute atomic E-state index is 0.444. The Morgan fingerprint density at radius 3 is 2.71 bits per heavy atom. The SMILES string of the molecule is CCCn1c(C(C)(C)N)nc2cc(Cl)ccc21. The molecule has 0 amide bonds. The van der Waals surface area contributed by atoms with Crippen molar-refractivity contribution in [2.75, 3.05) is 0 Å². The van der Waals surface area contributed by atoms with Gasteiger partial charge in [0.15, 0.2) is 0 Å². The smallest absolute Gasteiger partial charge is 0.129 e. The summed E-state index contributed by atoms with van der Waals surface area (Å²) in [6.07, 6.45) is 1.05. The lowest BCUT2D eigenvalue weighted by atomic mass is 10.1. The van der Waals surface area contributed by atoms with Crippen molar-refractivity contribution < 1.29 is 0 Å². The van der Waals surface area contributed by atoms with E-state index < -0.39 is 5.54 Å². The Kier molecular flexibility index (Phi) is 3.15. The van der Waals surface area contributed by atoms with E-state index in [-0.39, 0.29) is 0 Å². The molecule has 2 N–H and O–H groups in total. The maximum Gasteiger partial charge on any atom is 0.129 e. The highest BCUT2D eigenvalue weighted by molar-refractivity contribution is 6.31. The van der Waals surface area contributed by atoms with Gasteiger partial charge in [-0.25, -0.2) is 4.98 Å². The van der Waals surface area contributed by atoms with Gasteiger partial charge in [-0.2, -0.15) is 0 Å². The van der Waals surface area contributed by atoms with Gasteiger partial charge >= 0.3 is 0 Å². The van der Waals surface area contributed by atoms with E-state index in [0.717, 1.165) is 29.8 Å². The van der Waals surface area contributed by atoms with Crippen LogP contribution in [0.25, 0.3) is 11.0 Å². The van der Waals surface area contributed by atoms with E-state index in [1.165, 1.54) is 0 Å². The van der Waals surface area contributed by atoms with Gasteiger partial charge in [0.1, 0.15) is 5.82 Å². The molecule has 2 aromatic rings. The largest absolute Gasteiger partial charge is 0.326 e. The molecule has 0 saturated carbocycles. The second-order valence-electron chi connectivity index (χ2n) is 4.94. The Bertz CT molecular complexity index is 537. The highest BCUT2D eigenvalue weighted by Crippen LogP contribution is 2.25. The summed E-state index contributed by atoms with van der Waals surface area (Å²) in [5, 5.41) is 0.708. The van der Waals surface area contributed by atoms with Gasteiger partial charge in [-0.1, -0.05) is 18.5 Å². The number of nitrogens with zero attached hydrogens (tertiary/aromatic N) is 2. The van der Waals surface area contributed by atoms with Crippen LogP contribution in [-0.4, -0.2) is 9.55 Å². The second-order valence-corrected chi connectivity index (χ2v) is 5.38. The zero-order valence-electron chi connectivity index (χ0n) is 10.5. The normalized spacial score (nSPS) is 12.3. The van der Waals surface area contributed by atoms with Gasteiger partial charge < -0.3 is 10.3 Å². The molecule has 0 radical (unpaired) electrons. The number of benzene rings is 1. The van der Waals surface area contributed by atoms with E-state index in [4.69, 9.17) is 17.3 Å². The number of halogens is 1. The van der Waals surface area contributed by atoms with Crippen molar-refractivity contribution in [2.45, 2.75) is 39.3 Å². The molecular weight excluding hydrogens is 234 g/mol. The van der Waals surface area contributed by atoms with Gasteiger partial charge in [0.05, 0.1) is 16.6 Å². The quantitative estimate of drug-likeness (QED) is 0.910. The van der Waals surface area contributed by atoms with E-state index >= 15 is 0 Å². The van der Waals surface area contributed by atoms with E-state index in [9.17, 15) is 0 Å². The maximum absolute atomic E-state index is 6.17. The minimum atomic E-state index is -0.444. The Morgan fingerprint density at radius 2 is 2.12 bits per heavy atom. The highest BCUT2D eigenvalue weighted by Gasteiger charge is 2.22. The molecule has 0 bridgehead atoms. The standard InChI is InChI=1S/C13H18ClN3/c1-4-7-17-11-6-5-9(14)8-10(11)16-12(17)13(2,3)15/h5-6,8H,4,7,15H2,1-3H3. The number of aryl methyl sites for hydroxylation is 1.